The molecule has 0 radical (unpaired) electrons. The van der Waals surface area contributed by atoms with E-state index in [0.717, 1.165) is 34.9 Å². The van der Waals surface area contributed by atoms with Gasteiger partial charge in [0.15, 0.2) is 5.60 Å². The number of fused-ring (bicyclic) bond motifs is 6. The molecule has 0 saturated heterocycles. The molecular weight excluding hydrogens is 372 g/mol. The van der Waals surface area contributed by atoms with Crippen LogP contribution in [-0.4, -0.2) is 6.54 Å². The highest BCUT2D eigenvalue weighted by Crippen LogP contribution is 2.56. The summed E-state index contributed by atoms with van der Waals surface area (Å²) in [6.45, 7) is 3.78. The molecule has 2 heterocycles. The second-order valence-corrected chi connectivity index (χ2v) is 8.18. The quantitative estimate of drug-likeness (QED) is 0.383. The fourth-order valence-corrected chi connectivity index (χ4v) is 4.67. The van der Waals surface area contributed by atoms with E-state index in [1.54, 1.807) is 0 Å². The number of benzene rings is 3. The van der Waals surface area contributed by atoms with Crippen molar-refractivity contribution < 1.29 is 9.47 Å². The summed E-state index contributed by atoms with van der Waals surface area (Å²) in [5.74, 6) is 1.59. The average Bonchev–Trinajstić information content (AvgIpc) is 3.13. The number of nitrogens with two attached hydrogens (primary N) is 1. The fraction of sp³-hybridized carbons (Fsp3) is 0.308. The normalized spacial score (nSPS) is 18.4. The van der Waals surface area contributed by atoms with Crippen molar-refractivity contribution in [1.29, 1.82) is 0 Å². The van der Waals surface area contributed by atoms with Crippen LogP contribution in [0.25, 0.3) is 0 Å². The van der Waals surface area contributed by atoms with Crippen LogP contribution in [-0.2, 0) is 16.9 Å². The summed E-state index contributed by atoms with van der Waals surface area (Å²) in [5, 5.41) is 3.54. The Balaban J connectivity index is 1.56. The third kappa shape index (κ3) is 3.03. The van der Waals surface area contributed by atoms with E-state index in [9.17, 15) is 0 Å². The van der Waals surface area contributed by atoms with Crippen LogP contribution >= 0.6 is 0 Å². The molecule has 0 bridgehead atoms. The zero-order chi connectivity index (χ0) is 20.6. The van der Waals surface area contributed by atoms with Gasteiger partial charge in [0.25, 0.3) is 0 Å². The van der Waals surface area contributed by atoms with Crippen LogP contribution in [0.3, 0.4) is 0 Å². The molecule has 154 valence electrons. The molecule has 4 nitrogen and oxygen atoms in total. The third-order valence-electron chi connectivity index (χ3n) is 6.17. The smallest absolute Gasteiger partial charge is 0.151 e. The van der Waals surface area contributed by atoms with E-state index in [1.807, 2.05) is 18.2 Å². The van der Waals surface area contributed by atoms with Gasteiger partial charge in [-0.05, 0) is 41.8 Å². The molecule has 2 aliphatic heterocycles. The number of nitrogen functional groups attached to an aromatic ring is 1. The van der Waals surface area contributed by atoms with Crippen molar-refractivity contribution in [3.63, 3.8) is 0 Å². The Morgan fingerprint density at radius 3 is 2.57 bits per heavy atom. The van der Waals surface area contributed by atoms with Gasteiger partial charge in [-0.15, -0.1) is 0 Å². The van der Waals surface area contributed by atoms with Crippen molar-refractivity contribution in [2.75, 3.05) is 17.6 Å². The van der Waals surface area contributed by atoms with Crippen LogP contribution in [0.15, 0.2) is 60.7 Å². The minimum absolute atomic E-state index is 0.580. The Labute approximate surface area is 178 Å². The first-order valence-electron chi connectivity index (χ1n) is 10.9. The molecule has 0 fully saturated rings. The highest BCUT2D eigenvalue weighted by atomic mass is 16.5. The molecule has 0 aliphatic carbocycles. The average molecular weight is 401 g/mol. The minimum atomic E-state index is -0.660. The maximum Gasteiger partial charge on any atom is 0.151 e. The van der Waals surface area contributed by atoms with Crippen molar-refractivity contribution in [1.82, 2.24) is 0 Å². The van der Waals surface area contributed by atoms with Gasteiger partial charge in [0, 0.05) is 41.2 Å². The van der Waals surface area contributed by atoms with Gasteiger partial charge in [-0.25, -0.2) is 0 Å². The second kappa shape index (κ2) is 7.69. The highest BCUT2D eigenvalue weighted by Gasteiger charge is 2.49. The van der Waals surface area contributed by atoms with E-state index in [4.69, 9.17) is 15.2 Å². The topological polar surface area (TPSA) is 56.5 Å². The van der Waals surface area contributed by atoms with Crippen LogP contribution < -0.4 is 15.8 Å². The van der Waals surface area contributed by atoms with Crippen molar-refractivity contribution in [2.45, 2.75) is 44.8 Å². The SMILES string of the molecule is CCCCCCNc1ccc2c(c1)Oc1cc(N)ccc1C21OCc2ccccc21. The lowest BCUT2D eigenvalue weighted by molar-refractivity contribution is 0.0200. The van der Waals surface area contributed by atoms with E-state index < -0.39 is 5.60 Å². The molecule has 0 aromatic heterocycles. The van der Waals surface area contributed by atoms with Crippen molar-refractivity contribution >= 4 is 11.4 Å². The Bertz CT molecular complexity index is 1080. The maximum absolute atomic E-state index is 6.57. The highest BCUT2D eigenvalue weighted by molar-refractivity contribution is 5.68. The molecule has 2 aliphatic rings. The predicted molar refractivity (Wildman–Crippen MR) is 121 cm³/mol. The zero-order valence-electron chi connectivity index (χ0n) is 17.4. The molecule has 5 rings (SSSR count). The first-order valence-corrected chi connectivity index (χ1v) is 10.9. The number of unbranched alkanes of at least 4 members (excludes halogenated alkanes) is 3. The Kier molecular flexibility index (Phi) is 4.87. The monoisotopic (exact) mass is 400 g/mol. The molecular formula is C26H28N2O2. The number of nitrogens with one attached hydrogen (secondary N) is 1. The second-order valence-electron chi connectivity index (χ2n) is 8.18. The van der Waals surface area contributed by atoms with Crippen LogP contribution in [0, 0.1) is 0 Å². The van der Waals surface area contributed by atoms with E-state index >= 15 is 0 Å². The molecule has 1 unspecified atom stereocenters. The summed E-state index contributed by atoms with van der Waals surface area (Å²) < 4.78 is 12.9. The molecule has 1 atom stereocenters. The predicted octanol–water partition coefficient (Wildman–Crippen LogP) is 6.19. The molecule has 30 heavy (non-hydrogen) atoms. The summed E-state index contributed by atoms with van der Waals surface area (Å²) in [5.41, 5.74) is 11.6. The van der Waals surface area contributed by atoms with Gasteiger partial charge < -0.3 is 20.5 Å². The largest absolute Gasteiger partial charge is 0.456 e. The Morgan fingerprint density at radius 2 is 1.70 bits per heavy atom. The molecule has 3 aromatic rings. The van der Waals surface area contributed by atoms with Crippen LogP contribution in [0.1, 0.15) is 54.9 Å². The lowest BCUT2D eigenvalue weighted by atomic mass is 9.77. The molecule has 3 aromatic carbocycles. The van der Waals surface area contributed by atoms with Gasteiger partial charge in [0.1, 0.15) is 11.5 Å². The first-order chi connectivity index (χ1) is 14.7. The minimum Gasteiger partial charge on any atom is -0.456 e. The standard InChI is InChI=1S/C26H28N2O2/c1-2-3-4-7-14-28-20-11-13-23-25(16-20)30-24-15-19(27)10-12-22(24)26(23)21-9-6-5-8-18(21)17-29-26/h5-6,8-13,15-16,28H,2-4,7,14,17,27H2,1H3. The van der Waals surface area contributed by atoms with Crippen molar-refractivity contribution in [3.8, 4) is 11.5 Å². The third-order valence-corrected chi connectivity index (χ3v) is 6.17. The van der Waals surface area contributed by atoms with Crippen molar-refractivity contribution in [2.24, 2.45) is 0 Å². The van der Waals surface area contributed by atoms with Gasteiger partial charge in [-0.1, -0.05) is 50.5 Å². The summed E-state index contributed by atoms with van der Waals surface area (Å²) in [7, 11) is 0. The number of ether oxygens (including phenoxy) is 2. The molecule has 4 heteroatoms. The molecule has 1 spiro atoms. The maximum atomic E-state index is 6.57. The van der Waals surface area contributed by atoms with Gasteiger partial charge in [0.2, 0.25) is 0 Å². The number of rotatable bonds is 6. The zero-order valence-corrected chi connectivity index (χ0v) is 17.4. The summed E-state index contributed by atoms with van der Waals surface area (Å²) in [4.78, 5) is 0. The fourth-order valence-electron chi connectivity index (χ4n) is 4.67. The van der Waals surface area contributed by atoms with E-state index in [1.165, 1.54) is 36.8 Å². The van der Waals surface area contributed by atoms with Gasteiger partial charge in [0.05, 0.1) is 6.61 Å². The van der Waals surface area contributed by atoms with E-state index in [0.29, 0.717) is 12.3 Å². The molecule has 0 saturated carbocycles. The summed E-state index contributed by atoms with van der Waals surface area (Å²) >= 11 is 0. The number of hydrogen-bond acceptors (Lipinski definition) is 4. The lowest BCUT2D eigenvalue weighted by Gasteiger charge is -2.37. The Hall–Kier alpha value is -2.98. The molecule has 3 N–H and O–H groups in total. The molecule has 0 amide bonds. The lowest BCUT2D eigenvalue weighted by Crippen LogP contribution is -2.32. The van der Waals surface area contributed by atoms with Gasteiger partial charge in [-0.2, -0.15) is 0 Å². The van der Waals surface area contributed by atoms with Crippen LogP contribution in [0.5, 0.6) is 11.5 Å². The Morgan fingerprint density at radius 1 is 0.900 bits per heavy atom. The van der Waals surface area contributed by atoms with E-state index in [-0.39, 0.29) is 0 Å². The number of hydrogen-bond donors (Lipinski definition) is 2. The van der Waals surface area contributed by atoms with Crippen LogP contribution in [0.4, 0.5) is 11.4 Å². The van der Waals surface area contributed by atoms with Gasteiger partial charge >= 0.3 is 0 Å². The van der Waals surface area contributed by atoms with Crippen molar-refractivity contribution in [3.05, 3.63) is 82.9 Å². The summed E-state index contributed by atoms with van der Waals surface area (Å²) in [6, 6.07) is 20.7. The number of anilines is 2. The van der Waals surface area contributed by atoms with Crippen LogP contribution in [0.2, 0.25) is 0 Å². The van der Waals surface area contributed by atoms with Gasteiger partial charge in [-0.3, -0.25) is 0 Å². The van der Waals surface area contributed by atoms with E-state index in [2.05, 4.69) is 54.7 Å². The summed E-state index contributed by atoms with van der Waals surface area (Å²) in [6.07, 6.45) is 4.96. The first kappa shape index (κ1) is 19.0.